The zero-order chi connectivity index (χ0) is 13.9. The fraction of sp³-hybridized carbons (Fsp3) is 0.647. The van der Waals surface area contributed by atoms with Gasteiger partial charge in [-0.05, 0) is 38.3 Å². The number of likely N-dealkylation sites (N-methyl/N-ethyl adjacent to an activating group) is 1. The van der Waals surface area contributed by atoms with Crippen LogP contribution in [0.3, 0.4) is 0 Å². The molecular formula is C17H28N2. The molecule has 0 radical (unpaired) electrons. The van der Waals surface area contributed by atoms with Gasteiger partial charge in [-0.3, -0.25) is 4.90 Å². The summed E-state index contributed by atoms with van der Waals surface area (Å²) in [7, 11) is 2.24. The van der Waals surface area contributed by atoms with Gasteiger partial charge in [-0.1, -0.05) is 49.6 Å². The van der Waals surface area contributed by atoms with Gasteiger partial charge in [0, 0.05) is 18.6 Å². The molecule has 2 N–H and O–H groups in total. The Labute approximate surface area is 118 Å². The molecule has 0 bridgehead atoms. The molecule has 0 amide bonds. The zero-order valence-corrected chi connectivity index (χ0v) is 12.7. The molecule has 0 spiro atoms. The van der Waals surface area contributed by atoms with E-state index >= 15 is 0 Å². The van der Waals surface area contributed by atoms with E-state index in [9.17, 15) is 0 Å². The third-order valence-corrected chi connectivity index (χ3v) is 5.07. The Bertz CT molecular complexity index is 398. The summed E-state index contributed by atoms with van der Waals surface area (Å²) in [6.07, 6.45) is 5.24. The minimum absolute atomic E-state index is 0.198. The Morgan fingerprint density at radius 2 is 1.95 bits per heavy atom. The molecule has 0 aliphatic heterocycles. The van der Waals surface area contributed by atoms with E-state index in [1.807, 2.05) is 0 Å². The Balaban J connectivity index is 2.12. The van der Waals surface area contributed by atoms with E-state index in [1.54, 1.807) is 0 Å². The van der Waals surface area contributed by atoms with E-state index in [4.69, 9.17) is 5.73 Å². The van der Waals surface area contributed by atoms with E-state index in [0.717, 1.165) is 13.1 Å². The summed E-state index contributed by atoms with van der Waals surface area (Å²) >= 11 is 0. The average Bonchev–Trinajstić information content (AvgIpc) is 2.42. The lowest BCUT2D eigenvalue weighted by atomic mass is 9.72. The van der Waals surface area contributed by atoms with E-state index in [2.05, 4.69) is 50.1 Å². The van der Waals surface area contributed by atoms with Crippen LogP contribution in [0.4, 0.5) is 0 Å². The standard InChI is InChI=1S/C17H28N2/c1-14-7-9-16(10-8-14)12-19(3)17(13-18)11-5-4-6-15(17)2/h7-10,15H,4-6,11-13,18H2,1-3H3. The number of aryl methyl sites for hydroxylation is 1. The predicted octanol–water partition coefficient (Wildman–Crippen LogP) is 3.33. The van der Waals surface area contributed by atoms with Gasteiger partial charge in [-0.25, -0.2) is 0 Å². The van der Waals surface area contributed by atoms with Crippen LogP contribution in [0.1, 0.15) is 43.7 Å². The van der Waals surface area contributed by atoms with Crippen LogP contribution in [0, 0.1) is 12.8 Å². The van der Waals surface area contributed by atoms with Gasteiger partial charge in [0.1, 0.15) is 0 Å². The second kappa shape index (κ2) is 6.06. The largest absolute Gasteiger partial charge is 0.329 e. The minimum atomic E-state index is 0.198. The van der Waals surface area contributed by atoms with Crippen LogP contribution >= 0.6 is 0 Å². The average molecular weight is 260 g/mol. The first-order valence-corrected chi connectivity index (χ1v) is 7.55. The van der Waals surface area contributed by atoms with Crippen LogP contribution in [0.2, 0.25) is 0 Å². The second-order valence-electron chi connectivity index (χ2n) is 6.30. The summed E-state index contributed by atoms with van der Waals surface area (Å²) in [4.78, 5) is 2.50. The van der Waals surface area contributed by atoms with E-state index in [-0.39, 0.29) is 5.54 Å². The molecular weight excluding hydrogens is 232 g/mol. The molecule has 0 saturated heterocycles. The fourth-order valence-corrected chi connectivity index (χ4v) is 3.55. The first kappa shape index (κ1) is 14.5. The van der Waals surface area contributed by atoms with Crippen LogP contribution in [0.15, 0.2) is 24.3 Å². The Morgan fingerprint density at radius 3 is 2.53 bits per heavy atom. The zero-order valence-electron chi connectivity index (χ0n) is 12.7. The van der Waals surface area contributed by atoms with Gasteiger partial charge in [-0.2, -0.15) is 0 Å². The first-order chi connectivity index (χ1) is 9.08. The number of nitrogens with zero attached hydrogens (tertiary/aromatic N) is 1. The number of benzene rings is 1. The van der Waals surface area contributed by atoms with E-state index < -0.39 is 0 Å². The van der Waals surface area contributed by atoms with Gasteiger partial charge in [-0.15, -0.1) is 0 Å². The van der Waals surface area contributed by atoms with E-state index in [0.29, 0.717) is 5.92 Å². The van der Waals surface area contributed by atoms with Crippen LogP contribution in [-0.4, -0.2) is 24.0 Å². The lowest BCUT2D eigenvalue weighted by Crippen LogP contribution is -2.57. The minimum Gasteiger partial charge on any atom is -0.329 e. The lowest BCUT2D eigenvalue weighted by Gasteiger charge is -2.48. The first-order valence-electron chi connectivity index (χ1n) is 7.55. The van der Waals surface area contributed by atoms with Crippen LogP contribution in [-0.2, 0) is 6.54 Å². The molecule has 2 rings (SSSR count). The summed E-state index contributed by atoms with van der Waals surface area (Å²) in [5.41, 5.74) is 9.08. The molecule has 2 unspecified atom stereocenters. The number of hydrogen-bond acceptors (Lipinski definition) is 2. The smallest absolute Gasteiger partial charge is 0.0357 e. The van der Waals surface area contributed by atoms with Crippen molar-refractivity contribution < 1.29 is 0 Å². The third-order valence-electron chi connectivity index (χ3n) is 5.07. The highest BCUT2D eigenvalue weighted by atomic mass is 15.2. The maximum atomic E-state index is 6.17. The molecule has 1 fully saturated rings. The summed E-state index contributed by atoms with van der Waals surface area (Å²) in [5.74, 6) is 0.696. The Hall–Kier alpha value is -0.860. The molecule has 1 aliphatic carbocycles. The maximum Gasteiger partial charge on any atom is 0.0357 e. The van der Waals surface area contributed by atoms with Gasteiger partial charge < -0.3 is 5.73 Å². The molecule has 0 aromatic heterocycles. The molecule has 2 atom stereocenters. The fourth-order valence-electron chi connectivity index (χ4n) is 3.55. The van der Waals surface area contributed by atoms with E-state index in [1.165, 1.54) is 36.8 Å². The van der Waals surface area contributed by atoms with Gasteiger partial charge in [0.25, 0.3) is 0 Å². The summed E-state index contributed by atoms with van der Waals surface area (Å²) < 4.78 is 0. The second-order valence-corrected chi connectivity index (χ2v) is 6.30. The molecule has 0 heterocycles. The summed E-state index contributed by atoms with van der Waals surface area (Å²) in [5, 5.41) is 0. The highest BCUT2D eigenvalue weighted by Gasteiger charge is 2.40. The predicted molar refractivity (Wildman–Crippen MR) is 82.1 cm³/mol. The SMILES string of the molecule is Cc1ccc(CN(C)C2(CN)CCCCC2C)cc1. The monoisotopic (exact) mass is 260 g/mol. The van der Waals surface area contributed by atoms with Crippen molar-refractivity contribution in [2.24, 2.45) is 11.7 Å². The van der Waals surface area contributed by atoms with Gasteiger partial charge in [0.15, 0.2) is 0 Å². The Kier molecular flexibility index (Phi) is 4.64. The molecule has 1 saturated carbocycles. The van der Waals surface area contributed by atoms with Crippen molar-refractivity contribution in [3.05, 3.63) is 35.4 Å². The summed E-state index contributed by atoms with van der Waals surface area (Å²) in [6, 6.07) is 8.87. The maximum absolute atomic E-state index is 6.17. The van der Waals surface area contributed by atoms with Crippen molar-refractivity contribution in [1.82, 2.24) is 4.90 Å². The van der Waals surface area contributed by atoms with Gasteiger partial charge in [0.2, 0.25) is 0 Å². The van der Waals surface area contributed by atoms with Crippen molar-refractivity contribution in [2.45, 2.75) is 51.6 Å². The molecule has 1 aromatic carbocycles. The summed E-state index contributed by atoms with van der Waals surface area (Å²) in [6.45, 7) is 6.29. The van der Waals surface area contributed by atoms with Gasteiger partial charge in [0.05, 0.1) is 0 Å². The highest BCUT2D eigenvalue weighted by molar-refractivity contribution is 5.21. The molecule has 2 heteroatoms. The number of hydrogen-bond donors (Lipinski definition) is 1. The molecule has 1 aliphatic rings. The van der Waals surface area contributed by atoms with Crippen molar-refractivity contribution >= 4 is 0 Å². The third kappa shape index (κ3) is 3.01. The van der Waals surface area contributed by atoms with Crippen LogP contribution in [0.25, 0.3) is 0 Å². The van der Waals surface area contributed by atoms with Crippen molar-refractivity contribution in [3.8, 4) is 0 Å². The molecule has 19 heavy (non-hydrogen) atoms. The van der Waals surface area contributed by atoms with Crippen LogP contribution in [0.5, 0.6) is 0 Å². The van der Waals surface area contributed by atoms with Crippen molar-refractivity contribution in [2.75, 3.05) is 13.6 Å². The van der Waals surface area contributed by atoms with Gasteiger partial charge >= 0.3 is 0 Å². The number of rotatable bonds is 4. The molecule has 1 aromatic rings. The highest BCUT2D eigenvalue weighted by Crippen LogP contribution is 2.37. The number of nitrogens with two attached hydrogens (primary N) is 1. The lowest BCUT2D eigenvalue weighted by molar-refractivity contribution is 0.0279. The Morgan fingerprint density at radius 1 is 1.26 bits per heavy atom. The molecule has 2 nitrogen and oxygen atoms in total. The van der Waals surface area contributed by atoms with Crippen LogP contribution < -0.4 is 5.73 Å². The van der Waals surface area contributed by atoms with Crippen molar-refractivity contribution in [3.63, 3.8) is 0 Å². The quantitative estimate of drug-likeness (QED) is 0.899. The molecule has 106 valence electrons. The normalized spacial score (nSPS) is 27.7. The van der Waals surface area contributed by atoms with Crippen molar-refractivity contribution in [1.29, 1.82) is 0 Å². The topological polar surface area (TPSA) is 29.3 Å².